The number of benzene rings is 3. The first kappa shape index (κ1) is 18.4. The molecule has 0 unspecified atom stereocenters. The molecular weight excluding hydrogens is 338 g/mol. The zero-order valence-electron chi connectivity index (χ0n) is 15.1. The third kappa shape index (κ3) is 5.05. The van der Waals surface area contributed by atoms with Crippen molar-refractivity contribution < 1.29 is 14.3 Å². The number of aryl methyl sites for hydroxylation is 1. The van der Waals surface area contributed by atoms with Crippen LogP contribution in [0.15, 0.2) is 78.9 Å². The molecule has 0 aliphatic rings. The molecule has 0 atom stereocenters. The highest BCUT2D eigenvalue weighted by atomic mass is 16.5. The summed E-state index contributed by atoms with van der Waals surface area (Å²) in [5, 5.41) is 2.71. The van der Waals surface area contributed by atoms with Gasteiger partial charge in [-0.15, -0.1) is 0 Å². The van der Waals surface area contributed by atoms with Crippen molar-refractivity contribution in [2.75, 3.05) is 11.9 Å². The van der Waals surface area contributed by atoms with E-state index in [1.165, 1.54) is 5.56 Å². The van der Waals surface area contributed by atoms with Gasteiger partial charge in [0.1, 0.15) is 0 Å². The fourth-order valence-corrected chi connectivity index (χ4v) is 2.66. The van der Waals surface area contributed by atoms with Gasteiger partial charge in [-0.3, -0.25) is 4.79 Å². The topological polar surface area (TPSA) is 55.4 Å². The molecule has 0 saturated carbocycles. The normalized spacial score (nSPS) is 10.3. The number of rotatable bonds is 6. The Morgan fingerprint density at radius 2 is 1.44 bits per heavy atom. The highest BCUT2D eigenvalue weighted by Gasteiger charge is 2.11. The Hall–Kier alpha value is -3.40. The molecule has 0 aromatic heterocycles. The van der Waals surface area contributed by atoms with E-state index >= 15 is 0 Å². The molecule has 0 heterocycles. The van der Waals surface area contributed by atoms with Crippen molar-refractivity contribution in [2.24, 2.45) is 0 Å². The summed E-state index contributed by atoms with van der Waals surface area (Å²) in [5.74, 6) is -0.889. The van der Waals surface area contributed by atoms with E-state index in [9.17, 15) is 9.59 Å². The second-order valence-electron chi connectivity index (χ2n) is 6.12. The van der Waals surface area contributed by atoms with E-state index in [4.69, 9.17) is 4.74 Å². The molecule has 0 bridgehead atoms. The van der Waals surface area contributed by atoms with Crippen molar-refractivity contribution in [3.63, 3.8) is 0 Å². The zero-order chi connectivity index (χ0) is 19.1. The fourth-order valence-electron chi connectivity index (χ4n) is 2.66. The summed E-state index contributed by atoms with van der Waals surface area (Å²) in [4.78, 5) is 24.1. The summed E-state index contributed by atoms with van der Waals surface area (Å²) >= 11 is 0. The largest absolute Gasteiger partial charge is 0.452 e. The van der Waals surface area contributed by atoms with Crippen LogP contribution in [0.25, 0.3) is 11.1 Å². The van der Waals surface area contributed by atoms with Crippen LogP contribution in [-0.4, -0.2) is 18.5 Å². The maximum Gasteiger partial charge on any atom is 0.338 e. The van der Waals surface area contributed by atoms with E-state index in [1.54, 1.807) is 12.1 Å². The minimum Gasteiger partial charge on any atom is -0.452 e. The van der Waals surface area contributed by atoms with Gasteiger partial charge >= 0.3 is 5.97 Å². The number of amides is 1. The molecule has 0 saturated heterocycles. The van der Waals surface area contributed by atoms with Crippen LogP contribution in [0.5, 0.6) is 0 Å². The van der Waals surface area contributed by atoms with E-state index in [1.807, 2.05) is 66.7 Å². The monoisotopic (exact) mass is 359 g/mol. The minimum absolute atomic E-state index is 0.325. The summed E-state index contributed by atoms with van der Waals surface area (Å²) in [6, 6.07) is 24.6. The highest BCUT2D eigenvalue weighted by molar-refractivity contribution is 5.95. The fraction of sp³-hybridized carbons (Fsp3) is 0.130. The number of esters is 1. The van der Waals surface area contributed by atoms with Gasteiger partial charge in [0, 0.05) is 5.69 Å². The zero-order valence-corrected chi connectivity index (χ0v) is 15.1. The van der Waals surface area contributed by atoms with E-state index in [0.29, 0.717) is 11.3 Å². The molecule has 4 heteroatoms. The van der Waals surface area contributed by atoms with Crippen molar-refractivity contribution >= 4 is 17.6 Å². The van der Waals surface area contributed by atoms with Gasteiger partial charge < -0.3 is 10.1 Å². The average molecular weight is 359 g/mol. The lowest BCUT2D eigenvalue weighted by atomic mass is 10.0. The van der Waals surface area contributed by atoms with Gasteiger partial charge in [-0.25, -0.2) is 4.79 Å². The number of carbonyl (C=O) groups is 2. The molecule has 27 heavy (non-hydrogen) atoms. The molecule has 136 valence electrons. The van der Waals surface area contributed by atoms with Crippen LogP contribution >= 0.6 is 0 Å². The lowest BCUT2D eigenvalue weighted by Crippen LogP contribution is -2.20. The number of hydrogen-bond donors (Lipinski definition) is 1. The maximum atomic E-state index is 12.1. The van der Waals surface area contributed by atoms with Crippen LogP contribution in [-0.2, 0) is 16.0 Å². The highest BCUT2D eigenvalue weighted by Crippen LogP contribution is 2.19. The molecule has 0 fully saturated rings. The summed E-state index contributed by atoms with van der Waals surface area (Å²) in [6.45, 7) is 1.74. The minimum atomic E-state index is -0.522. The Bertz CT molecular complexity index is 901. The third-order valence-corrected chi connectivity index (χ3v) is 4.21. The second-order valence-corrected chi connectivity index (χ2v) is 6.12. The Kier molecular flexibility index (Phi) is 6.00. The SMILES string of the molecule is CCc1ccc(NC(=O)COC(=O)c2ccc(-c3ccccc3)cc2)cc1. The van der Waals surface area contributed by atoms with Crippen molar-refractivity contribution in [3.05, 3.63) is 90.0 Å². The van der Waals surface area contributed by atoms with Gasteiger partial charge in [-0.05, 0) is 47.4 Å². The summed E-state index contributed by atoms with van der Waals surface area (Å²) in [5.41, 5.74) is 4.37. The predicted molar refractivity (Wildman–Crippen MR) is 107 cm³/mol. The smallest absolute Gasteiger partial charge is 0.338 e. The van der Waals surface area contributed by atoms with Gasteiger partial charge in [0.15, 0.2) is 6.61 Å². The molecule has 1 N–H and O–H groups in total. The van der Waals surface area contributed by atoms with Crippen molar-refractivity contribution in [1.82, 2.24) is 0 Å². The second kappa shape index (κ2) is 8.81. The van der Waals surface area contributed by atoms with Crippen molar-refractivity contribution in [2.45, 2.75) is 13.3 Å². The number of nitrogens with one attached hydrogen (secondary N) is 1. The van der Waals surface area contributed by atoms with E-state index < -0.39 is 5.97 Å². The quantitative estimate of drug-likeness (QED) is 0.649. The first-order valence-electron chi connectivity index (χ1n) is 8.87. The van der Waals surface area contributed by atoms with Crippen LogP contribution in [0, 0.1) is 0 Å². The lowest BCUT2D eigenvalue weighted by molar-refractivity contribution is -0.119. The number of carbonyl (C=O) groups excluding carboxylic acids is 2. The summed E-state index contributed by atoms with van der Waals surface area (Å²) in [6.07, 6.45) is 0.939. The Morgan fingerprint density at radius 1 is 0.815 bits per heavy atom. The van der Waals surface area contributed by atoms with Gasteiger partial charge in [-0.2, -0.15) is 0 Å². The molecule has 3 aromatic carbocycles. The van der Waals surface area contributed by atoms with Crippen LogP contribution < -0.4 is 5.32 Å². The summed E-state index contributed by atoms with van der Waals surface area (Å²) < 4.78 is 5.10. The number of hydrogen-bond acceptors (Lipinski definition) is 3. The molecular formula is C23H21NO3. The van der Waals surface area contributed by atoms with Crippen LogP contribution in [0.3, 0.4) is 0 Å². The Morgan fingerprint density at radius 3 is 2.07 bits per heavy atom. The van der Waals surface area contributed by atoms with Gasteiger partial charge in [0.05, 0.1) is 5.56 Å². The molecule has 0 radical (unpaired) electrons. The number of ether oxygens (including phenoxy) is 1. The maximum absolute atomic E-state index is 12.1. The molecule has 0 spiro atoms. The third-order valence-electron chi connectivity index (χ3n) is 4.21. The van der Waals surface area contributed by atoms with Crippen molar-refractivity contribution in [1.29, 1.82) is 0 Å². The van der Waals surface area contributed by atoms with E-state index in [2.05, 4.69) is 12.2 Å². The predicted octanol–water partition coefficient (Wildman–Crippen LogP) is 4.71. The molecule has 3 rings (SSSR count). The molecule has 0 aliphatic heterocycles. The van der Waals surface area contributed by atoms with E-state index in [0.717, 1.165) is 17.5 Å². The molecule has 4 nitrogen and oxygen atoms in total. The van der Waals surface area contributed by atoms with Gasteiger partial charge in [0.25, 0.3) is 5.91 Å². The van der Waals surface area contributed by atoms with Crippen LogP contribution in [0.2, 0.25) is 0 Å². The number of anilines is 1. The van der Waals surface area contributed by atoms with E-state index in [-0.39, 0.29) is 12.5 Å². The average Bonchev–Trinajstić information content (AvgIpc) is 2.73. The van der Waals surface area contributed by atoms with Crippen LogP contribution in [0.1, 0.15) is 22.8 Å². The molecule has 3 aromatic rings. The Labute approximate surface area is 158 Å². The van der Waals surface area contributed by atoms with Crippen LogP contribution in [0.4, 0.5) is 5.69 Å². The standard InChI is InChI=1S/C23H21NO3/c1-2-17-8-14-21(15-9-17)24-22(25)16-27-23(26)20-12-10-19(11-13-20)18-6-4-3-5-7-18/h3-15H,2,16H2,1H3,(H,24,25). The lowest BCUT2D eigenvalue weighted by Gasteiger charge is -2.08. The van der Waals surface area contributed by atoms with Gasteiger partial charge in [0.2, 0.25) is 0 Å². The molecule has 0 aliphatic carbocycles. The van der Waals surface area contributed by atoms with Gasteiger partial charge in [-0.1, -0.05) is 61.5 Å². The van der Waals surface area contributed by atoms with Crippen molar-refractivity contribution in [3.8, 4) is 11.1 Å². The summed E-state index contributed by atoms with van der Waals surface area (Å²) in [7, 11) is 0. The Balaban J connectivity index is 1.53. The first-order valence-corrected chi connectivity index (χ1v) is 8.87. The first-order chi connectivity index (χ1) is 13.2. The molecule has 1 amide bonds.